The lowest BCUT2D eigenvalue weighted by Gasteiger charge is -2.03. The van der Waals surface area contributed by atoms with Gasteiger partial charge in [-0.05, 0) is 12.1 Å². The van der Waals surface area contributed by atoms with Crippen molar-refractivity contribution in [3.05, 3.63) is 29.6 Å². The highest BCUT2D eigenvalue weighted by Crippen LogP contribution is 2.15. The van der Waals surface area contributed by atoms with Gasteiger partial charge in [-0.25, -0.2) is 12.8 Å². The van der Waals surface area contributed by atoms with Crippen molar-refractivity contribution in [2.45, 2.75) is 11.5 Å². The number of sulfone groups is 1. The van der Waals surface area contributed by atoms with Crippen LogP contribution in [0.2, 0.25) is 0 Å². The molecule has 0 fully saturated rings. The second-order valence-corrected chi connectivity index (χ2v) is 4.97. The lowest BCUT2D eigenvalue weighted by Crippen LogP contribution is -2.00. The van der Waals surface area contributed by atoms with Crippen LogP contribution in [-0.4, -0.2) is 21.8 Å². The maximum Gasteiger partial charge on any atom is 0.175 e. The van der Waals surface area contributed by atoms with Crippen LogP contribution in [0, 0.1) is 5.82 Å². The minimum atomic E-state index is -3.34. The second-order valence-electron chi connectivity index (χ2n) is 2.96. The van der Waals surface area contributed by atoms with Crippen molar-refractivity contribution in [2.75, 3.05) is 13.4 Å². The molecular weight excluding hydrogens is 207 g/mol. The molecule has 1 aromatic carbocycles. The zero-order valence-electron chi connectivity index (χ0n) is 7.95. The number of methoxy groups -OCH3 is 1. The fourth-order valence-corrected chi connectivity index (χ4v) is 1.66. The third-order valence-corrected chi connectivity index (χ3v) is 2.86. The van der Waals surface area contributed by atoms with Crippen molar-refractivity contribution in [1.82, 2.24) is 0 Å². The summed E-state index contributed by atoms with van der Waals surface area (Å²) in [5.74, 6) is -0.560. The predicted molar refractivity (Wildman–Crippen MR) is 50.2 cm³/mol. The van der Waals surface area contributed by atoms with Gasteiger partial charge in [0.25, 0.3) is 0 Å². The van der Waals surface area contributed by atoms with E-state index in [1.165, 1.54) is 19.2 Å². The number of ether oxygens (including phenoxy) is 1. The fourth-order valence-electron chi connectivity index (χ4n) is 1.03. The Labute approximate surface area is 82.4 Å². The molecule has 0 saturated carbocycles. The van der Waals surface area contributed by atoms with Gasteiger partial charge in [0, 0.05) is 18.9 Å². The quantitative estimate of drug-likeness (QED) is 0.769. The van der Waals surface area contributed by atoms with Crippen LogP contribution in [0.15, 0.2) is 23.1 Å². The molecule has 0 heterocycles. The van der Waals surface area contributed by atoms with Crippen molar-refractivity contribution in [3.63, 3.8) is 0 Å². The molecule has 0 aromatic heterocycles. The molecule has 0 aliphatic heterocycles. The van der Waals surface area contributed by atoms with E-state index in [1.54, 1.807) is 0 Å². The average Bonchev–Trinajstić information content (AvgIpc) is 2.07. The van der Waals surface area contributed by atoms with Crippen LogP contribution in [0.25, 0.3) is 0 Å². The SMILES string of the molecule is COCc1ccc(S(C)(=O)=O)cc1F. The van der Waals surface area contributed by atoms with Crippen LogP contribution in [0.3, 0.4) is 0 Å². The minimum absolute atomic E-state index is 0.0187. The van der Waals surface area contributed by atoms with Crippen molar-refractivity contribution in [1.29, 1.82) is 0 Å². The van der Waals surface area contributed by atoms with Gasteiger partial charge in [-0.2, -0.15) is 0 Å². The molecule has 1 rings (SSSR count). The van der Waals surface area contributed by atoms with Gasteiger partial charge in [-0.15, -0.1) is 0 Å². The van der Waals surface area contributed by atoms with Crippen LogP contribution in [-0.2, 0) is 21.2 Å². The third kappa shape index (κ3) is 2.52. The van der Waals surface area contributed by atoms with Crippen LogP contribution >= 0.6 is 0 Å². The van der Waals surface area contributed by atoms with E-state index < -0.39 is 15.7 Å². The van der Waals surface area contributed by atoms with Gasteiger partial charge < -0.3 is 4.74 Å². The predicted octanol–water partition coefficient (Wildman–Crippen LogP) is 1.38. The molecule has 5 heteroatoms. The van der Waals surface area contributed by atoms with E-state index >= 15 is 0 Å². The van der Waals surface area contributed by atoms with Gasteiger partial charge in [0.1, 0.15) is 5.82 Å². The van der Waals surface area contributed by atoms with E-state index in [4.69, 9.17) is 4.74 Å². The summed E-state index contributed by atoms with van der Waals surface area (Å²) in [5, 5.41) is 0. The molecule has 0 atom stereocenters. The molecule has 1 aromatic rings. The molecule has 0 unspecified atom stereocenters. The molecule has 0 N–H and O–H groups in total. The number of halogens is 1. The molecule has 0 saturated heterocycles. The number of hydrogen-bond donors (Lipinski definition) is 0. The summed E-state index contributed by atoms with van der Waals surface area (Å²) in [5.41, 5.74) is 0.347. The summed E-state index contributed by atoms with van der Waals surface area (Å²) in [7, 11) is -1.89. The van der Waals surface area contributed by atoms with Crippen LogP contribution in [0.1, 0.15) is 5.56 Å². The first-order valence-electron chi connectivity index (χ1n) is 3.92. The summed E-state index contributed by atoms with van der Waals surface area (Å²) in [6.45, 7) is 0.135. The summed E-state index contributed by atoms with van der Waals surface area (Å²) >= 11 is 0. The number of benzene rings is 1. The molecule has 0 aliphatic rings. The first-order valence-corrected chi connectivity index (χ1v) is 5.81. The Kier molecular flexibility index (Phi) is 3.23. The smallest absolute Gasteiger partial charge is 0.175 e. The highest BCUT2D eigenvalue weighted by Gasteiger charge is 2.10. The lowest BCUT2D eigenvalue weighted by molar-refractivity contribution is 0.181. The van der Waals surface area contributed by atoms with E-state index in [1.807, 2.05) is 0 Å². The Morgan fingerprint density at radius 1 is 1.43 bits per heavy atom. The standard InChI is InChI=1S/C9H11FO3S/c1-13-6-7-3-4-8(5-9(7)10)14(2,11)12/h3-5H,6H2,1-2H3. The molecule has 0 radical (unpaired) electrons. The lowest BCUT2D eigenvalue weighted by atomic mass is 10.2. The van der Waals surface area contributed by atoms with Gasteiger partial charge >= 0.3 is 0 Å². The van der Waals surface area contributed by atoms with E-state index in [0.29, 0.717) is 5.56 Å². The normalized spacial score (nSPS) is 11.6. The molecule has 0 amide bonds. The van der Waals surface area contributed by atoms with Crippen molar-refractivity contribution >= 4 is 9.84 Å². The number of rotatable bonds is 3. The molecule has 3 nitrogen and oxygen atoms in total. The Morgan fingerprint density at radius 2 is 2.07 bits per heavy atom. The third-order valence-electron chi connectivity index (χ3n) is 1.75. The highest BCUT2D eigenvalue weighted by molar-refractivity contribution is 7.90. The largest absolute Gasteiger partial charge is 0.380 e. The molecule has 0 bridgehead atoms. The van der Waals surface area contributed by atoms with Gasteiger partial charge in [-0.3, -0.25) is 0 Å². The maximum atomic E-state index is 13.2. The Morgan fingerprint density at radius 3 is 2.50 bits per heavy atom. The Bertz CT molecular complexity index is 426. The van der Waals surface area contributed by atoms with Crippen LogP contribution in [0.5, 0.6) is 0 Å². The van der Waals surface area contributed by atoms with Crippen molar-refractivity contribution in [2.24, 2.45) is 0 Å². The molecule has 14 heavy (non-hydrogen) atoms. The second kappa shape index (κ2) is 4.06. The Hall–Kier alpha value is -0.940. The van der Waals surface area contributed by atoms with Crippen molar-refractivity contribution < 1.29 is 17.5 Å². The van der Waals surface area contributed by atoms with E-state index in [2.05, 4.69) is 0 Å². The zero-order chi connectivity index (χ0) is 10.8. The number of hydrogen-bond acceptors (Lipinski definition) is 3. The van der Waals surface area contributed by atoms with E-state index in [9.17, 15) is 12.8 Å². The zero-order valence-corrected chi connectivity index (χ0v) is 8.77. The first-order chi connectivity index (χ1) is 6.45. The van der Waals surface area contributed by atoms with Gasteiger partial charge in [0.05, 0.1) is 11.5 Å². The summed E-state index contributed by atoms with van der Waals surface area (Å²) in [4.78, 5) is -0.0187. The van der Waals surface area contributed by atoms with Gasteiger partial charge in [0.2, 0.25) is 0 Å². The topological polar surface area (TPSA) is 43.4 Å². The van der Waals surface area contributed by atoms with Crippen LogP contribution in [0.4, 0.5) is 4.39 Å². The molecule has 0 spiro atoms. The van der Waals surface area contributed by atoms with Crippen molar-refractivity contribution in [3.8, 4) is 0 Å². The average molecular weight is 218 g/mol. The highest BCUT2D eigenvalue weighted by atomic mass is 32.2. The Balaban J connectivity index is 3.13. The first kappa shape index (κ1) is 11.1. The molecule has 78 valence electrons. The fraction of sp³-hybridized carbons (Fsp3) is 0.333. The van der Waals surface area contributed by atoms with E-state index in [0.717, 1.165) is 12.3 Å². The van der Waals surface area contributed by atoms with Gasteiger partial charge in [0.15, 0.2) is 9.84 Å². The minimum Gasteiger partial charge on any atom is -0.380 e. The summed E-state index contributed by atoms with van der Waals surface area (Å²) in [6.07, 6.45) is 1.04. The summed E-state index contributed by atoms with van der Waals surface area (Å²) < 4.78 is 40.1. The van der Waals surface area contributed by atoms with E-state index in [-0.39, 0.29) is 11.5 Å². The molecular formula is C9H11FO3S. The monoisotopic (exact) mass is 218 g/mol. The maximum absolute atomic E-state index is 13.2. The molecule has 0 aliphatic carbocycles. The summed E-state index contributed by atoms with van der Waals surface area (Å²) in [6, 6.07) is 3.78. The van der Waals surface area contributed by atoms with Gasteiger partial charge in [-0.1, -0.05) is 6.07 Å². The van der Waals surface area contributed by atoms with Crippen LogP contribution < -0.4 is 0 Å².